The molecule has 0 aliphatic rings. The molecular weight excluding hydrogens is 232 g/mol. The van der Waals surface area contributed by atoms with E-state index >= 15 is 0 Å². The lowest BCUT2D eigenvalue weighted by Gasteiger charge is -1.97. The highest BCUT2D eigenvalue weighted by Crippen LogP contribution is 2.33. The van der Waals surface area contributed by atoms with Gasteiger partial charge in [0.25, 0.3) is 0 Å². The van der Waals surface area contributed by atoms with Gasteiger partial charge in [0.1, 0.15) is 11.3 Å². The van der Waals surface area contributed by atoms with Crippen molar-refractivity contribution in [3.05, 3.63) is 59.1 Å². The zero-order chi connectivity index (χ0) is 11.8. The first-order valence-electron chi connectivity index (χ1n) is 5.50. The van der Waals surface area contributed by atoms with Crippen molar-refractivity contribution < 1.29 is 4.42 Å². The second-order valence-electron chi connectivity index (χ2n) is 4.06. The highest BCUT2D eigenvalue weighted by Gasteiger charge is 2.11. The van der Waals surface area contributed by atoms with Gasteiger partial charge in [0.2, 0.25) is 0 Å². The molecule has 0 aliphatic heterocycles. The van der Waals surface area contributed by atoms with E-state index in [0.717, 1.165) is 32.9 Å². The second-order valence-corrected chi connectivity index (χ2v) is 4.50. The molecule has 0 saturated carbocycles. The van der Waals surface area contributed by atoms with Gasteiger partial charge in [0.15, 0.2) is 0 Å². The molecule has 1 nitrogen and oxygen atoms in total. The number of hydrogen-bond donors (Lipinski definition) is 0. The first-order valence-corrected chi connectivity index (χ1v) is 5.87. The van der Waals surface area contributed by atoms with Crippen molar-refractivity contribution in [1.29, 1.82) is 0 Å². The molecule has 0 amide bonds. The van der Waals surface area contributed by atoms with Crippen LogP contribution in [-0.2, 0) is 0 Å². The standard InChI is InChI=1S/C15H11ClO/c1-10-13-9-12(16)7-8-14(13)17-15(10)11-5-3-2-4-6-11/h2-9H,1H3. The molecule has 0 saturated heterocycles. The quantitative estimate of drug-likeness (QED) is 0.581. The van der Waals surface area contributed by atoms with Crippen LogP contribution in [0.4, 0.5) is 0 Å². The summed E-state index contributed by atoms with van der Waals surface area (Å²) in [6.07, 6.45) is 0. The molecule has 0 bridgehead atoms. The molecule has 1 heterocycles. The Bertz CT molecular complexity index is 668. The van der Waals surface area contributed by atoms with Gasteiger partial charge in [-0.15, -0.1) is 0 Å². The summed E-state index contributed by atoms with van der Waals surface area (Å²) in [4.78, 5) is 0. The van der Waals surface area contributed by atoms with Crippen LogP contribution in [0, 0.1) is 6.92 Å². The van der Waals surface area contributed by atoms with Gasteiger partial charge < -0.3 is 4.42 Å². The van der Waals surface area contributed by atoms with Crippen molar-refractivity contribution in [3.63, 3.8) is 0 Å². The molecule has 3 aromatic rings. The normalized spacial score (nSPS) is 10.9. The van der Waals surface area contributed by atoms with E-state index in [0.29, 0.717) is 0 Å². The highest BCUT2D eigenvalue weighted by atomic mass is 35.5. The number of halogens is 1. The monoisotopic (exact) mass is 242 g/mol. The van der Waals surface area contributed by atoms with Gasteiger partial charge in [-0.05, 0) is 25.1 Å². The Balaban J connectivity index is 2.28. The lowest BCUT2D eigenvalue weighted by molar-refractivity contribution is 0.629. The van der Waals surface area contributed by atoms with Crippen LogP contribution in [0.15, 0.2) is 52.9 Å². The van der Waals surface area contributed by atoms with E-state index in [1.807, 2.05) is 48.5 Å². The number of hydrogen-bond acceptors (Lipinski definition) is 1. The molecule has 0 unspecified atom stereocenters. The smallest absolute Gasteiger partial charge is 0.138 e. The maximum Gasteiger partial charge on any atom is 0.138 e. The van der Waals surface area contributed by atoms with E-state index in [4.69, 9.17) is 16.0 Å². The van der Waals surface area contributed by atoms with Crippen molar-refractivity contribution in [1.82, 2.24) is 0 Å². The lowest BCUT2D eigenvalue weighted by atomic mass is 10.1. The minimum atomic E-state index is 0.737. The highest BCUT2D eigenvalue weighted by molar-refractivity contribution is 6.31. The number of furan rings is 1. The van der Waals surface area contributed by atoms with Crippen molar-refractivity contribution >= 4 is 22.6 Å². The summed E-state index contributed by atoms with van der Waals surface area (Å²) in [6, 6.07) is 15.8. The Kier molecular flexibility index (Phi) is 2.41. The minimum Gasteiger partial charge on any atom is -0.456 e. The molecule has 0 N–H and O–H groups in total. The third kappa shape index (κ3) is 1.73. The summed E-state index contributed by atoms with van der Waals surface area (Å²) in [5, 5.41) is 1.82. The summed E-state index contributed by atoms with van der Waals surface area (Å²) < 4.78 is 5.88. The summed E-state index contributed by atoms with van der Waals surface area (Å²) in [7, 11) is 0. The van der Waals surface area contributed by atoms with Crippen LogP contribution in [0.25, 0.3) is 22.3 Å². The van der Waals surface area contributed by atoms with E-state index in [2.05, 4.69) is 6.92 Å². The van der Waals surface area contributed by atoms with E-state index in [9.17, 15) is 0 Å². The molecule has 84 valence electrons. The van der Waals surface area contributed by atoms with E-state index in [1.165, 1.54) is 0 Å². The summed E-state index contributed by atoms with van der Waals surface area (Å²) in [5.41, 5.74) is 3.11. The molecule has 1 aromatic heterocycles. The van der Waals surface area contributed by atoms with Crippen LogP contribution < -0.4 is 0 Å². The average Bonchev–Trinajstić information content (AvgIpc) is 2.68. The van der Waals surface area contributed by atoms with Crippen molar-refractivity contribution in [2.24, 2.45) is 0 Å². The molecule has 2 aromatic carbocycles. The molecule has 0 atom stereocenters. The fourth-order valence-corrected chi connectivity index (χ4v) is 2.23. The zero-order valence-electron chi connectivity index (χ0n) is 9.41. The van der Waals surface area contributed by atoms with Crippen LogP contribution in [0.5, 0.6) is 0 Å². The Morgan fingerprint density at radius 3 is 2.53 bits per heavy atom. The molecular formula is C15H11ClO. The fraction of sp³-hybridized carbons (Fsp3) is 0.0667. The third-order valence-electron chi connectivity index (χ3n) is 2.93. The van der Waals surface area contributed by atoms with Crippen LogP contribution in [0.1, 0.15) is 5.56 Å². The van der Waals surface area contributed by atoms with E-state index in [-0.39, 0.29) is 0 Å². The molecule has 2 heteroatoms. The Morgan fingerprint density at radius 2 is 1.76 bits per heavy atom. The number of benzene rings is 2. The first kappa shape index (κ1) is 10.4. The Morgan fingerprint density at radius 1 is 1.00 bits per heavy atom. The van der Waals surface area contributed by atoms with Gasteiger partial charge >= 0.3 is 0 Å². The first-order chi connectivity index (χ1) is 8.25. The minimum absolute atomic E-state index is 0.737. The molecule has 17 heavy (non-hydrogen) atoms. The number of fused-ring (bicyclic) bond motifs is 1. The molecule has 0 spiro atoms. The molecule has 3 rings (SSSR count). The van der Waals surface area contributed by atoms with E-state index in [1.54, 1.807) is 0 Å². The fourth-order valence-electron chi connectivity index (χ4n) is 2.06. The number of aryl methyl sites for hydroxylation is 1. The van der Waals surface area contributed by atoms with Crippen molar-refractivity contribution in [3.8, 4) is 11.3 Å². The summed E-state index contributed by atoms with van der Waals surface area (Å²) in [5.74, 6) is 0.919. The number of rotatable bonds is 1. The van der Waals surface area contributed by atoms with E-state index < -0.39 is 0 Å². The van der Waals surface area contributed by atoms with Crippen molar-refractivity contribution in [2.45, 2.75) is 6.92 Å². The van der Waals surface area contributed by atoms with Gasteiger partial charge in [-0.1, -0.05) is 41.9 Å². The maximum atomic E-state index is 6.00. The Labute approximate surface area is 105 Å². The predicted molar refractivity (Wildman–Crippen MR) is 71.4 cm³/mol. The summed E-state index contributed by atoms with van der Waals surface area (Å²) in [6.45, 7) is 2.06. The predicted octanol–water partition coefficient (Wildman–Crippen LogP) is 5.06. The Hall–Kier alpha value is -1.73. The maximum absolute atomic E-state index is 6.00. The van der Waals surface area contributed by atoms with Gasteiger partial charge in [-0.25, -0.2) is 0 Å². The lowest BCUT2D eigenvalue weighted by Crippen LogP contribution is -1.76. The molecule has 0 aliphatic carbocycles. The average molecular weight is 243 g/mol. The van der Waals surface area contributed by atoms with Gasteiger partial charge in [-0.3, -0.25) is 0 Å². The summed E-state index contributed by atoms with van der Waals surface area (Å²) >= 11 is 6.00. The van der Waals surface area contributed by atoms with Crippen LogP contribution in [0.3, 0.4) is 0 Å². The largest absolute Gasteiger partial charge is 0.456 e. The van der Waals surface area contributed by atoms with Crippen LogP contribution >= 0.6 is 11.6 Å². The van der Waals surface area contributed by atoms with Crippen LogP contribution in [0.2, 0.25) is 5.02 Å². The zero-order valence-corrected chi connectivity index (χ0v) is 10.2. The second kappa shape index (κ2) is 3.94. The topological polar surface area (TPSA) is 13.1 Å². The van der Waals surface area contributed by atoms with Crippen LogP contribution in [-0.4, -0.2) is 0 Å². The van der Waals surface area contributed by atoms with Gasteiger partial charge in [-0.2, -0.15) is 0 Å². The molecule has 0 radical (unpaired) electrons. The SMILES string of the molecule is Cc1c(-c2ccccc2)oc2ccc(Cl)cc12. The van der Waals surface area contributed by atoms with Gasteiger partial charge in [0.05, 0.1) is 0 Å². The van der Waals surface area contributed by atoms with Crippen molar-refractivity contribution in [2.75, 3.05) is 0 Å². The van der Waals surface area contributed by atoms with Gasteiger partial charge in [0, 0.05) is 21.5 Å². The third-order valence-corrected chi connectivity index (χ3v) is 3.17. The molecule has 0 fully saturated rings.